The van der Waals surface area contributed by atoms with Crippen LogP contribution in [0, 0.1) is 3.57 Å². The summed E-state index contributed by atoms with van der Waals surface area (Å²) in [6.07, 6.45) is 1.67. The summed E-state index contributed by atoms with van der Waals surface area (Å²) in [5, 5.41) is 0. The Morgan fingerprint density at radius 2 is 2.11 bits per heavy atom. The van der Waals surface area contributed by atoms with E-state index < -0.39 is 0 Å². The van der Waals surface area contributed by atoms with Gasteiger partial charge in [-0.05, 0) is 52.9 Å². The average molecular weight is 417 g/mol. The molecule has 0 N–H and O–H groups in total. The average Bonchev–Trinajstić information content (AvgIpc) is 2.41. The number of hydrogen-bond donors (Lipinski definition) is 0. The highest BCUT2D eigenvalue weighted by Crippen LogP contribution is 2.21. The SMILES string of the molecule is CN(C(=O)c1cc(Br)ccc1I)c1ccccn1. The molecule has 0 saturated heterocycles. The van der Waals surface area contributed by atoms with Gasteiger partial charge in [0.15, 0.2) is 0 Å². The van der Waals surface area contributed by atoms with E-state index in [4.69, 9.17) is 0 Å². The van der Waals surface area contributed by atoms with Crippen molar-refractivity contribution in [2.24, 2.45) is 0 Å². The summed E-state index contributed by atoms with van der Waals surface area (Å²) in [5.41, 5.74) is 0.665. The van der Waals surface area contributed by atoms with Crippen LogP contribution in [0.25, 0.3) is 0 Å². The van der Waals surface area contributed by atoms with E-state index in [2.05, 4.69) is 43.5 Å². The van der Waals surface area contributed by atoms with E-state index in [0.717, 1.165) is 8.04 Å². The van der Waals surface area contributed by atoms with Crippen LogP contribution in [-0.4, -0.2) is 17.9 Å². The molecular weight excluding hydrogens is 407 g/mol. The summed E-state index contributed by atoms with van der Waals surface area (Å²) in [5.74, 6) is 0.567. The fourth-order valence-corrected chi connectivity index (χ4v) is 2.43. The summed E-state index contributed by atoms with van der Waals surface area (Å²) in [7, 11) is 1.72. The van der Waals surface area contributed by atoms with Crippen molar-refractivity contribution in [3.63, 3.8) is 0 Å². The quantitative estimate of drug-likeness (QED) is 0.699. The van der Waals surface area contributed by atoms with Gasteiger partial charge in [0.1, 0.15) is 5.82 Å². The van der Waals surface area contributed by atoms with E-state index in [1.807, 2.05) is 36.4 Å². The first-order valence-corrected chi connectivity index (χ1v) is 7.11. The maximum absolute atomic E-state index is 12.4. The van der Waals surface area contributed by atoms with Crippen molar-refractivity contribution < 1.29 is 4.79 Å². The lowest BCUT2D eigenvalue weighted by Gasteiger charge is -2.17. The van der Waals surface area contributed by atoms with Gasteiger partial charge in [-0.3, -0.25) is 9.69 Å². The van der Waals surface area contributed by atoms with Crippen LogP contribution in [0.1, 0.15) is 10.4 Å². The van der Waals surface area contributed by atoms with E-state index in [0.29, 0.717) is 11.4 Å². The first kappa shape index (κ1) is 13.5. The molecule has 1 aromatic carbocycles. The van der Waals surface area contributed by atoms with E-state index in [1.165, 1.54) is 0 Å². The van der Waals surface area contributed by atoms with Crippen molar-refractivity contribution >= 4 is 50.2 Å². The van der Waals surface area contributed by atoms with Crippen molar-refractivity contribution in [1.82, 2.24) is 4.98 Å². The molecule has 0 bridgehead atoms. The van der Waals surface area contributed by atoms with Gasteiger partial charge in [-0.15, -0.1) is 0 Å². The van der Waals surface area contributed by atoms with Gasteiger partial charge in [0.25, 0.3) is 5.91 Å². The number of carbonyl (C=O) groups excluding carboxylic acids is 1. The molecule has 0 aliphatic heterocycles. The fraction of sp³-hybridized carbons (Fsp3) is 0.0769. The van der Waals surface area contributed by atoms with Gasteiger partial charge in [-0.2, -0.15) is 0 Å². The van der Waals surface area contributed by atoms with Crippen LogP contribution in [0.4, 0.5) is 5.82 Å². The molecule has 0 aliphatic rings. The second kappa shape index (κ2) is 5.79. The monoisotopic (exact) mass is 416 g/mol. The van der Waals surface area contributed by atoms with Gasteiger partial charge < -0.3 is 0 Å². The van der Waals surface area contributed by atoms with Crippen LogP contribution >= 0.6 is 38.5 Å². The number of carbonyl (C=O) groups is 1. The Kier molecular flexibility index (Phi) is 4.34. The zero-order valence-corrected chi connectivity index (χ0v) is 13.3. The molecule has 0 fully saturated rings. The Hall–Kier alpha value is -0.950. The predicted octanol–water partition coefficient (Wildman–Crippen LogP) is 3.73. The molecular formula is C13H10BrIN2O. The zero-order valence-electron chi connectivity index (χ0n) is 9.60. The number of aromatic nitrogens is 1. The Labute approximate surface area is 127 Å². The van der Waals surface area contributed by atoms with Crippen LogP contribution in [0.5, 0.6) is 0 Å². The fourth-order valence-electron chi connectivity index (χ4n) is 1.50. The minimum Gasteiger partial charge on any atom is -0.296 e. The highest BCUT2D eigenvalue weighted by atomic mass is 127. The highest BCUT2D eigenvalue weighted by Gasteiger charge is 2.17. The van der Waals surface area contributed by atoms with E-state index in [1.54, 1.807) is 18.1 Å². The van der Waals surface area contributed by atoms with Crippen molar-refractivity contribution in [2.45, 2.75) is 0 Å². The number of pyridine rings is 1. The Morgan fingerprint density at radius 3 is 2.78 bits per heavy atom. The predicted molar refractivity (Wildman–Crippen MR) is 83.8 cm³/mol. The zero-order chi connectivity index (χ0) is 13.1. The molecule has 3 nitrogen and oxygen atoms in total. The molecule has 0 radical (unpaired) electrons. The molecule has 0 aliphatic carbocycles. The van der Waals surface area contributed by atoms with Crippen molar-refractivity contribution in [3.05, 3.63) is 56.2 Å². The van der Waals surface area contributed by atoms with Gasteiger partial charge >= 0.3 is 0 Å². The van der Waals surface area contributed by atoms with Crippen molar-refractivity contribution in [1.29, 1.82) is 0 Å². The summed E-state index contributed by atoms with van der Waals surface area (Å²) in [6, 6.07) is 11.1. The van der Waals surface area contributed by atoms with Gasteiger partial charge in [0.2, 0.25) is 0 Å². The number of hydrogen-bond acceptors (Lipinski definition) is 2. The minimum atomic E-state index is -0.0700. The molecule has 5 heteroatoms. The summed E-state index contributed by atoms with van der Waals surface area (Å²) in [6.45, 7) is 0. The molecule has 1 aromatic heterocycles. The lowest BCUT2D eigenvalue weighted by atomic mass is 10.2. The minimum absolute atomic E-state index is 0.0700. The number of nitrogens with zero attached hydrogens (tertiary/aromatic N) is 2. The Balaban J connectivity index is 2.34. The number of amides is 1. The molecule has 1 amide bonds. The number of benzene rings is 1. The topological polar surface area (TPSA) is 33.2 Å². The summed E-state index contributed by atoms with van der Waals surface area (Å²) in [4.78, 5) is 18.1. The molecule has 0 spiro atoms. The van der Waals surface area contributed by atoms with Crippen LogP contribution in [-0.2, 0) is 0 Å². The molecule has 18 heavy (non-hydrogen) atoms. The third-order valence-corrected chi connectivity index (χ3v) is 3.89. The second-order valence-corrected chi connectivity index (χ2v) is 5.75. The number of halogens is 2. The van der Waals surface area contributed by atoms with E-state index in [-0.39, 0.29) is 5.91 Å². The summed E-state index contributed by atoms with van der Waals surface area (Å²) < 4.78 is 1.81. The Morgan fingerprint density at radius 1 is 1.33 bits per heavy atom. The third kappa shape index (κ3) is 2.89. The lowest BCUT2D eigenvalue weighted by Crippen LogP contribution is -2.27. The maximum atomic E-state index is 12.4. The summed E-state index contributed by atoms with van der Waals surface area (Å²) >= 11 is 5.54. The highest BCUT2D eigenvalue weighted by molar-refractivity contribution is 14.1. The molecule has 2 rings (SSSR count). The molecule has 2 aromatic rings. The van der Waals surface area contributed by atoms with Gasteiger partial charge in [0.05, 0.1) is 5.56 Å². The first-order chi connectivity index (χ1) is 8.59. The molecule has 92 valence electrons. The smallest absolute Gasteiger partial charge is 0.260 e. The molecule has 0 atom stereocenters. The number of anilines is 1. The number of rotatable bonds is 2. The van der Waals surface area contributed by atoms with E-state index in [9.17, 15) is 4.79 Å². The molecule has 0 saturated carbocycles. The molecule has 0 unspecified atom stereocenters. The van der Waals surface area contributed by atoms with Gasteiger partial charge in [0, 0.05) is 21.3 Å². The van der Waals surface area contributed by atoms with Crippen LogP contribution in [0.3, 0.4) is 0 Å². The van der Waals surface area contributed by atoms with E-state index >= 15 is 0 Å². The van der Waals surface area contributed by atoms with Gasteiger partial charge in [-0.1, -0.05) is 22.0 Å². The van der Waals surface area contributed by atoms with Gasteiger partial charge in [-0.25, -0.2) is 4.98 Å². The second-order valence-electron chi connectivity index (χ2n) is 3.68. The standard InChI is InChI=1S/C13H10BrIN2O/c1-17(12-4-2-3-7-16-12)13(18)10-8-9(14)5-6-11(10)15/h2-8H,1H3. The lowest BCUT2D eigenvalue weighted by molar-refractivity contribution is 0.0991. The van der Waals surface area contributed by atoms with Crippen LogP contribution < -0.4 is 4.90 Å². The maximum Gasteiger partial charge on any atom is 0.260 e. The third-order valence-electron chi connectivity index (χ3n) is 2.46. The molecule has 1 heterocycles. The van der Waals surface area contributed by atoms with Crippen LogP contribution in [0.15, 0.2) is 47.1 Å². The normalized spacial score (nSPS) is 10.2. The largest absolute Gasteiger partial charge is 0.296 e. The Bertz CT molecular complexity index is 574. The first-order valence-electron chi connectivity index (χ1n) is 5.24. The van der Waals surface area contributed by atoms with Crippen LogP contribution in [0.2, 0.25) is 0 Å². The van der Waals surface area contributed by atoms with Crippen molar-refractivity contribution in [2.75, 3.05) is 11.9 Å². The van der Waals surface area contributed by atoms with Crippen molar-refractivity contribution in [3.8, 4) is 0 Å².